The summed E-state index contributed by atoms with van der Waals surface area (Å²) in [5.74, 6) is 0.957. The van der Waals surface area contributed by atoms with Crippen molar-refractivity contribution in [3.05, 3.63) is 59.9 Å². The fourth-order valence-corrected chi connectivity index (χ4v) is 2.18. The Balaban J connectivity index is 2.22. The SMILES string of the molecule is CCOc1ccccc1C(Cc1ccncc1)NC. The largest absolute Gasteiger partial charge is 0.494 e. The van der Waals surface area contributed by atoms with E-state index < -0.39 is 0 Å². The third kappa shape index (κ3) is 3.55. The van der Waals surface area contributed by atoms with Crippen LogP contribution in [-0.4, -0.2) is 18.6 Å². The monoisotopic (exact) mass is 256 g/mol. The van der Waals surface area contributed by atoms with Gasteiger partial charge in [0.2, 0.25) is 0 Å². The second kappa shape index (κ2) is 6.90. The first-order chi connectivity index (χ1) is 9.35. The van der Waals surface area contributed by atoms with Crippen LogP contribution in [0, 0.1) is 0 Å². The summed E-state index contributed by atoms with van der Waals surface area (Å²) in [7, 11) is 1.98. The molecule has 1 heterocycles. The minimum Gasteiger partial charge on any atom is -0.494 e. The number of ether oxygens (including phenoxy) is 1. The molecule has 0 amide bonds. The number of hydrogen-bond acceptors (Lipinski definition) is 3. The van der Waals surface area contributed by atoms with Crippen molar-refractivity contribution in [2.45, 2.75) is 19.4 Å². The van der Waals surface area contributed by atoms with Gasteiger partial charge in [-0.15, -0.1) is 0 Å². The molecular formula is C16H20N2O. The molecule has 0 saturated heterocycles. The third-order valence-electron chi connectivity index (χ3n) is 3.13. The van der Waals surface area contributed by atoms with Crippen LogP contribution in [0.1, 0.15) is 24.1 Å². The van der Waals surface area contributed by atoms with E-state index in [4.69, 9.17) is 4.74 Å². The highest BCUT2D eigenvalue weighted by atomic mass is 16.5. The highest BCUT2D eigenvalue weighted by Gasteiger charge is 2.14. The molecule has 0 radical (unpaired) electrons. The zero-order valence-electron chi connectivity index (χ0n) is 11.5. The maximum absolute atomic E-state index is 5.71. The molecule has 2 rings (SSSR count). The van der Waals surface area contributed by atoms with Gasteiger partial charge >= 0.3 is 0 Å². The second-order valence-corrected chi connectivity index (χ2v) is 4.37. The van der Waals surface area contributed by atoms with Gasteiger partial charge in [-0.2, -0.15) is 0 Å². The number of hydrogen-bond donors (Lipinski definition) is 1. The first-order valence-corrected chi connectivity index (χ1v) is 6.63. The summed E-state index contributed by atoms with van der Waals surface area (Å²) in [6.45, 7) is 2.69. The fraction of sp³-hybridized carbons (Fsp3) is 0.312. The number of pyridine rings is 1. The Hall–Kier alpha value is -1.87. The third-order valence-corrected chi connectivity index (χ3v) is 3.13. The Labute approximate surface area is 114 Å². The van der Waals surface area contributed by atoms with Crippen molar-refractivity contribution in [3.8, 4) is 5.75 Å². The molecular weight excluding hydrogens is 236 g/mol. The van der Waals surface area contributed by atoms with Crippen LogP contribution >= 0.6 is 0 Å². The Morgan fingerprint density at radius 2 is 1.89 bits per heavy atom. The van der Waals surface area contributed by atoms with E-state index in [0.717, 1.165) is 12.2 Å². The number of nitrogens with one attached hydrogen (secondary N) is 1. The maximum Gasteiger partial charge on any atom is 0.124 e. The van der Waals surface area contributed by atoms with Crippen LogP contribution in [0.2, 0.25) is 0 Å². The molecule has 0 bridgehead atoms. The van der Waals surface area contributed by atoms with Crippen LogP contribution < -0.4 is 10.1 Å². The average molecular weight is 256 g/mol. The van der Waals surface area contributed by atoms with Crippen LogP contribution in [0.15, 0.2) is 48.8 Å². The van der Waals surface area contributed by atoms with Gasteiger partial charge in [0.05, 0.1) is 6.61 Å². The first kappa shape index (κ1) is 13.6. The Bertz CT molecular complexity index is 499. The number of likely N-dealkylation sites (N-methyl/N-ethyl adjacent to an activating group) is 1. The highest BCUT2D eigenvalue weighted by Crippen LogP contribution is 2.27. The molecule has 3 heteroatoms. The number of nitrogens with zero attached hydrogens (tertiary/aromatic N) is 1. The summed E-state index contributed by atoms with van der Waals surface area (Å²) >= 11 is 0. The normalized spacial score (nSPS) is 12.1. The fourth-order valence-electron chi connectivity index (χ4n) is 2.18. The molecule has 0 aliphatic heterocycles. The number of rotatable bonds is 6. The van der Waals surface area contributed by atoms with Crippen LogP contribution in [0.3, 0.4) is 0 Å². The lowest BCUT2D eigenvalue weighted by molar-refractivity contribution is 0.332. The molecule has 3 nitrogen and oxygen atoms in total. The van der Waals surface area contributed by atoms with E-state index in [0.29, 0.717) is 6.61 Å². The molecule has 0 spiro atoms. The molecule has 0 fully saturated rings. The lowest BCUT2D eigenvalue weighted by atomic mass is 9.99. The van der Waals surface area contributed by atoms with Crippen molar-refractivity contribution in [3.63, 3.8) is 0 Å². The quantitative estimate of drug-likeness (QED) is 0.862. The smallest absolute Gasteiger partial charge is 0.124 e. The maximum atomic E-state index is 5.71. The molecule has 1 aromatic heterocycles. The van der Waals surface area contributed by atoms with Crippen molar-refractivity contribution in [1.82, 2.24) is 10.3 Å². The molecule has 0 saturated carbocycles. The van der Waals surface area contributed by atoms with Gasteiger partial charge < -0.3 is 10.1 Å². The number of para-hydroxylation sites is 1. The molecule has 100 valence electrons. The minimum atomic E-state index is 0.241. The summed E-state index contributed by atoms with van der Waals surface area (Å²) in [5.41, 5.74) is 2.46. The molecule has 1 N–H and O–H groups in total. The van der Waals surface area contributed by atoms with E-state index in [9.17, 15) is 0 Å². The minimum absolute atomic E-state index is 0.241. The lowest BCUT2D eigenvalue weighted by Crippen LogP contribution is -2.19. The number of benzene rings is 1. The van der Waals surface area contributed by atoms with E-state index in [1.54, 1.807) is 0 Å². The summed E-state index contributed by atoms with van der Waals surface area (Å²) in [6.07, 6.45) is 4.58. The lowest BCUT2D eigenvalue weighted by Gasteiger charge is -2.20. The summed E-state index contributed by atoms with van der Waals surface area (Å²) in [5, 5.41) is 3.37. The van der Waals surface area contributed by atoms with Gasteiger partial charge in [0.15, 0.2) is 0 Å². The Kier molecular flexibility index (Phi) is 4.93. The van der Waals surface area contributed by atoms with Crippen molar-refractivity contribution in [2.75, 3.05) is 13.7 Å². The summed E-state index contributed by atoms with van der Waals surface area (Å²) < 4.78 is 5.71. The van der Waals surface area contributed by atoms with Crippen molar-refractivity contribution in [1.29, 1.82) is 0 Å². The Morgan fingerprint density at radius 1 is 1.16 bits per heavy atom. The van der Waals surface area contributed by atoms with Gasteiger partial charge in [0, 0.05) is 24.0 Å². The van der Waals surface area contributed by atoms with Gasteiger partial charge in [0.1, 0.15) is 5.75 Å². The zero-order chi connectivity index (χ0) is 13.5. The van der Waals surface area contributed by atoms with Gasteiger partial charge in [-0.25, -0.2) is 0 Å². The van der Waals surface area contributed by atoms with Crippen molar-refractivity contribution in [2.24, 2.45) is 0 Å². The molecule has 1 aromatic carbocycles. The predicted octanol–water partition coefficient (Wildman–Crippen LogP) is 2.98. The van der Waals surface area contributed by atoms with Crippen LogP contribution in [0.4, 0.5) is 0 Å². The van der Waals surface area contributed by atoms with Crippen LogP contribution in [0.25, 0.3) is 0 Å². The van der Waals surface area contributed by atoms with Gasteiger partial charge in [-0.1, -0.05) is 18.2 Å². The molecule has 2 aromatic rings. The van der Waals surface area contributed by atoms with Gasteiger partial charge in [-0.05, 0) is 44.2 Å². The summed E-state index contributed by atoms with van der Waals surface area (Å²) in [6, 6.07) is 12.5. The second-order valence-electron chi connectivity index (χ2n) is 4.37. The molecule has 1 unspecified atom stereocenters. The molecule has 1 atom stereocenters. The Morgan fingerprint density at radius 3 is 2.58 bits per heavy atom. The van der Waals surface area contributed by atoms with Gasteiger partial charge in [0.25, 0.3) is 0 Å². The molecule has 0 aliphatic carbocycles. The summed E-state index contributed by atoms with van der Waals surface area (Å²) in [4.78, 5) is 4.05. The van der Waals surface area contributed by atoms with Crippen LogP contribution in [0.5, 0.6) is 5.75 Å². The molecule has 0 aliphatic rings. The first-order valence-electron chi connectivity index (χ1n) is 6.63. The van der Waals surface area contributed by atoms with E-state index in [-0.39, 0.29) is 6.04 Å². The average Bonchev–Trinajstić information content (AvgIpc) is 2.47. The van der Waals surface area contributed by atoms with Crippen molar-refractivity contribution >= 4 is 0 Å². The van der Waals surface area contributed by atoms with E-state index >= 15 is 0 Å². The topological polar surface area (TPSA) is 34.1 Å². The van der Waals surface area contributed by atoms with Crippen LogP contribution in [-0.2, 0) is 6.42 Å². The molecule has 19 heavy (non-hydrogen) atoms. The van der Waals surface area contributed by atoms with E-state index in [1.807, 2.05) is 50.6 Å². The zero-order valence-corrected chi connectivity index (χ0v) is 11.5. The highest BCUT2D eigenvalue weighted by molar-refractivity contribution is 5.37. The standard InChI is InChI=1S/C16H20N2O/c1-3-19-16-7-5-4-6-14(16)15(17-2)12-13-8-10-18-11-9-13/h4-11,15,17H,3,12H2,1-2H3. The predicted molar refractivity (Wildman–Crippen MR) is 77.4 cm³/mol. The van der Waals surface area contributed by atoms with E-state index in [2.05, 4.69) is 22.4 Å². The van der Waals surface area contributed by atoms with E-state index in [1.165, 1.54) is 11.1 Å². The number of aromatic nitrogens is 1. The van der Waals surface area contributed by atoms with Crippen molar-refractivity contribution < 1.29 is 4.74 Å². The van der Waals surface area contributed by atoms with Gasteiger partial charge in [-0.3, -0.25) is 4.98 Å².